The molecule has 4 nitrogen and oxygen atoms in total. The maximum atomic E-state index is 11.6. The molecule has 0 aromatic carbocycles. The van der Waals surface area contributed by atoms with Crippen LogP contribution in [-0.4, -0.2) is 24.5 Å². The van der Waals surface area contributed by atoms with Crippen molar-refractivity contribution in [2.45, 2.75) is 39.0 Å². The second kappa shape index (κ2) is 6.12. The largest absolute Gasteiger partial charge is 0.320 e. The fraction of sp³-hybridized carbons (Fsp3) is 0.667. The minimum Gasteiger partial charge on any atom is -0.320 e. The molecule has 0 atom stereocenters. The number of aromatic nitrogens is 1. The third-order valence-corrected chi connectivity index (χ3v) is 3.11. The number of carbonyl (C=O) groups excluding carboxylic acids is 1. The van der Waals surface area contributed by atoms with Crippen molar-refractivity contribution in [1.29, 1.82) is 0 Å². The summed E-state index contributed by atoms with van der Waals surface area (Å²) < 4.78 is 0. The highest BCUT2D eigenvalue weighted by atomic mass is 32.1. The van der Waals surface area contributed by atoms with Crippen molar-refractivity contribution in [2.24, 2.45) is 0 Å². The number of nitrogens with zero attached hydrogens (tertiary/aromatic N) is 1. The van der Waals surface area contributed by atoms with E-state index in [0.29, 0.717) is 11.6 Å². The van der Waals surface area contributed by atoms with Crippen LogP contribution in [0.2, 0.25) is 0 Å². The first-order valence-electron chi connectivity index (χ1n) is 5.84. The minimum atomic E-state index is 0.0333. The Morgan fingerprint density at radius 3 is 2.71 bits per heavy atom. The average Bonchev–Trinajstić information content (AvgIpc) is 2.66. The van der Waals surface area contributed by atoms with E-state index >= 15 is 0 Å². The van der Waals surface area contributed by atoms with Gasteiger partial charge in [0.1, 0.15) is 0 Å². The van der Waals surface area contributed by atoms with E-state index in [1.165, 1.54) is 11.3 Å². The lowest BCUT2D eigenvalue weighted by Crippen LogP contribution is -2.16. The summed E-state index contributed by atoms with van der Waals surface area (Å²) in [6.45, 7) is 7.19. The van der Waals surface area contributed by atoms with Gasteiger partial charge in [0.15, 0.2) is 5.13 Å². The highest BCUT2D eigenvalue weighted by molar-refractivity contribution is 7.13. The fourth-order valence-electron chi connectivity index (χ4n) is 1.28. The van der Waals surface area contributed by atoms with Gasteiger partial charge in [-0.2, -0.15) is 0 Å². The van der Waals surface area contributed by atoms with Gasteiger partial charge in [-0.3, -0.25) is 4.79 Å². The lowest BCUT2D eigenvalue weighted by Gasteiger charge is -2.14. The lowest BCUT2D eigenvalue weighted by atomic mass is 9.93. The van der Waals surface area contributed by atoms with Crippen molar-refractivity contribution in [1.82, 2.24) is 10.3 Å². The average molecular weight is 255 g/mol. The molecular formula is C12H21N3OS. The second-order valence-electron chi connectivity index (χ2n) is 5.04. The molecule has 0 saturated heterocycles. The molecule has 0 fully saturated rings. The minimum absolute atomic E-state index is 0.0333. The Labute approximate surface area is 107 Å². The molecule has 17 heavy (non-hydrogen) atoms. The lowest BCUT2D eigenvalue weighted by molar-refractivity contribution is -0.116. The molecule has 0 aliphatic rings. The molecule has 1 amide bonds. The summed E-state index contributed by atoms with van der Waals surface area (Å²) in [7, 11) is 1.88. The molecule has 1 aromatic rings. The summed E-state index contributed by atoms with van der Waals surface area (Å²) in [4.78, 5) is 16.0. The monoisotopic (exact) mass is 255 g/mol. The van der Waals surface area contributed by atoms with E-state index in [0.717, 1.165) is 18.7 Å². The van der Waals surface area contributed by atoms with Crippen molar-refractivity contribution in [2.75, 3.05) is 18.9 Å². The van der Waals surface area contributed by atoms with Crippen LogP contribution >= 0.6 is 11.3 Å². The van der Waals surface area contributed by atoms with Crippen molar-refractivity contribution >= 4 is 22.4 Å². The molecule has 1 heterocycles. The first kappa shape index (κ1) is 14.1. The number of carbonyl (C=O) groups is 1. The van der Waals surface area contributed by atoms with Crippen molar-refractivity contribution in [3.05, 3.63) is 11.1 Å². The van der Waals surface area contributed by atoms with Gasteiger partial charge < -0.3 is 10.6 Å². The van der Waals surface area contributed by atoms with Gasteiger partial charge >= 0.3 is 0 Å². The Morgan fingerprint density at radius 1 is 1.47 bits per heavy atom. The Balaban J connectivity index is 2.46. The van der Waals surface area contributed by atoms with Gasteiger partial charge in [0, 0.05) is 17.2 Å². The zero-order valence-corrected chi connectivity index (χ0v) is 11.8. The molecule has 96 valence electrons. The molecule has 0 bridgehead atoms. The van der Waals surface area contributed by atoms with Crippen LogP contribution in [-0.2, 0) is 10.2 Å². The standard InChI is InChI=1S/C12H21N3OS/c1-12(2,3)9-8-17-11(14-9)15-10(16)6-5-7-13-4/h8,13H,5-7H2,1-4H3,(H,14,15,16). The van der Waals surface area contributed by atoms with Crippen molar-refractivity contribution in [3.63, 3.8) is 0 Å². The van der Waals surface area contributed by atoms with Crippen LogP contribution in [0.5, 0.6) is 0 Å². The van der Waals surface area contributed by atoms with Gasteiger partial charge in [0.2, 0.25) is 5.91 Å². The van der Waals surface area contributed by atoms with Crippen LogP contribution in [0.1, 0.15) is 39.3 Å². The zero-order chi connectivity index (χ0) is 12.9. The molecule has 0 aliphatic carbocycles. The number of amides is 1. The maximum Gasteiger partial charge on any atom is 0.226 e. The van der Waals surface area contributed by atoms with E-state index in [4.69, 9.17) is 0 Å². The van der Waals surface area contributed by atoms with E-state index in [-0.39, 0.29) is 11.3 Å². The van der Waals surface area contributed by atoms with Gasteiger partial charge in [-0.25, -0.2) is 4.98 Å². The summed E-state index contributed by atoms with van der Waals surface area (Å²) >= 11 is 1.49. The number of thiazole rings is 1. The highest BCUT2D eigenvalue weighted by Gasteiger charge is 2.17. The van der Waals surface area contributed by atoms with Gasteiger partial charge in [-0.1, -0.05) is 20.8 Å². The van der Waals surface area contributed by atoms with Crippen LogP contribution in [0.3, 0.4) is 0 Å². The van der Waals surface area contributed by atoms with Crippen LogP contribution in [0.4, 0.5) is 5.13 Å². The molecule has 0 aliphatic heterocycles. The summed E-state index contributed by atoms with van der Waals surface area (Å²) in [6.07, 6.45) is 1.38. The summed E-state index contributed by atoms with van der Waals surface area (Å²) in [5, 5.41) is 8.55. The smallest absolute Gasteiger partial charge is 0.226 e. The number of hydrogen-bond acceptors (Lipinski definition) is 4. The topological polar surface area (TPSA) is 54.0 Å². The summed E-state index contributed by atoms with van der Waals surface area (Å²) in [5.41, 5.74) is 1.05. The first-order valence-corrected chi connectivity index (χ1v) is 6.72. The molecule has 1 rings (SSSR count). The molecule has 0 saturated carbocycles. The first-order chi connectivity index (χ1) is 7.93. The van der Waals surface area contributed by atoms with E-state index < -0.39 is 0 Å². The highest BCUT2D eigenvalue weighted by Crippen LogP contribution is 2.26. The SMILES string of the molecule is CNCCCC(=O)Nc1nc(C(C)(C)C)cs1. The zero-order valence-electron chi connectivity index (χ0n) is 11.0. The Morgan fingerprint density at radius 2 is 2.18 bits per heavy atom. The molecule has 0 radical (unpaired) electrons. The van der Waals surface area contributed by atoms with Crippen molar-refractivity contribution in [3.8, 4) is 0 Å². The second-order valence-corrected chi connectivity index (χ2v) is 5.90. The maximum absolute atomic E-state index is 11.6. The Bertz CT molecular complexity index is 368. The van der Waals surface area contributed by atoms with Gasteiger partial charge in [0.05, 0.1) is 5.69 Å². The predicted molar refractivity (Wildman–Crippen MR) is 72.6 cm³/mol. The van der Waals surface area contributed by atoms with Crippen LogP contribution in [0.15, 0.2) is 5.38 Å². The Kier molecular flexibility index (Phi) is 5.08. The van der Waals surface area contributed by atoms with E-state index in [9.17, 15) is 4.79 Å². The summed E-state index contributed by atoms with van der Waals surface area (Å²) in [5.74, 6) is 0.0371. The number of hydrogen-bond donors (Lipinski definition) is 2. The van der Waals surface area contributed by atoms with Crippen LogP contribution in [0.25, 0.3) is 0 Å². The normalized spacial score (nSPS) is 11.5. The summed E-state index contributed by atoms with van der Waals surface area (Å²) in [6, 6.07) is 0. The molecule has 0 unspecified atom stereocenters. The van der Waals surface area contributed by atoms with E-state index in [1.54, 1.807) is 0 Å². The van der Waals surface area contributed by atoms with E-state index in [1.807, 2.05) is 12.4 Å². The number of rotatable bonds is 5. The fourth-order valence-corrected chi connectivity index (χ4v) is 2.24. The molecule has 2 N–H and O–H groups in total. The Hall–Kier alpha value is -0.940. The molecule has 0 spiro atoms. The number of anilines is 1. The van der Waals surface area contributed by atoms with Gasteiger partial charge in [-0.05, 0) is 20.0 Å². The van der Waals surface area contributed by atoms with Gasteiger partial charge in [0.25, 0.3) is 0 Å². The third-order valence-electron chi connectivity index (χ3n) is 2.35. The molecule has 5 heteroatoms. The van der Waals surface area contributed by atoms with Crippen molar-refractivity contribution < 1.29 is 4.79 Å². The predicted octanol–water partition coefficient (Wildman–Crippen LogP) is 2.38. The van der Waals surface area contributed by atoms with Crippen LogP contribution < -0.4 is 10.6 Å². The van der Waals surface area contributed by atoms with Crippen LogP contribution in [0, 0.1) is 0 Å². The molecule has 1 aromatic heterocycles. The quantitative estimate of drug-likeness (QED) is 0.794. The molecular weight excluding hydrogens is 234 g/mol. The van der Waals surface area contributed by atoms with Gasteiger partial charge in [-0.15, -0.1) is 11.3 Å². The third kappa shape index (κ3) is 4.83. The number of nitrogens with one attached hydrogen (secondary N) is 2. The van der Waals surface area contributed by atoms with E-state index in [2.05, 4.69) is 36.4 Å².